The second-order valence-corrected chi connectivity index (χ2v) is 6.25. The largest absolute Gasteiger partial charge is 0.483 e. The van der Waals surface area contributed by atoms with Gasteiger partial charge < -0.3 is 15.4 Å². The lowest BCUT2D eigenvalue weighted by molar-refractivity contribution is -0.121. The van der Waals surface area contributed by atoms with Gasteiger partial charge in [-0.25, -0.2) is 0 Å². The minimum Gasteiger partial charge on any atom is -0.483 e. The highest BCUT2D eigenvalue weighted by Gasteiger charge is 2.10. The van der Waals surface area contributed by atoms with Crippen LogP contribution >= 0.6 is 12.2 Å². The molecule has 0 fully saturated rings. The third kappa shape index (κ3) is 7.98. The molecule has 1 aromatic carbocycles. The van der Waals surface area contributed by atoms with Crippen LogP contribution in [-0.4, -0.2) is 24.2 Å². The Balaban J connectivity index is 2.30. The van der Waals surface area contributed by atoms with E-state index in [1.807, 2.05) is 24.3 Å². The van der Waals surface area contributed by atoms with E-state index in [-0.39, 0.29) is 12.5 Å². The number of benzene rings is 1. The van der Waals surface area contributed by atoms with Crippen LogP contribution in [0.15, 0.2) is 24.3 Å². The number of nitrogens with one attached hydrogen (secondary N) is 2. The summed E-state index contributed by atoms with van der Waals surface area (Å²) >= 11 is 5.11. The lowest BCUT2D eigenvalue weighted by atomic mass is 10.0. The van der Waals surface area contributed by atoms with Gasteiger partial charge in [0.15, 0.2) is 11.7 Å². The molecule has 5 heteroatoms. The van der Waals surface area contributed by atoms with E-state index in [1.165, 1.54) is 19.3 Å². The molecule has 0 aliphatic rings. The van der Waals surface area contributed by atoms with Gasteiger partial charge >= 0.3 is 0 Å². The highest BCUT2D eigenvalue weighted by molar-refractivity contribution is 7.80. The number of rotatable bonds is 9. The van der Waals surface area contributed by atoms with Crippen molar-refractivity contribution in [2.45, 2.75) is 52.4 Å². The number of hydrogen-bond donors (Lipinski definition) is 2. The molecule has 0 bridgehead atoms. The number of ether oxygens (including phenoxy) is 1. The second-order valence-electron chi connectivity index (χ2n) is 5.85. The molecule has 0 atom stereocenters. The zero-order valence-corrected chi connectivity index (χ0v) is 15.2. The first-order valence-corrected chi connectivity index (χ1v) is 8.74. The lowest BCUT2D eigenvalue weighted by Crippen LogP contribution is -2.41. The number of unbranched alkanes of at least 4 members (excludes halogenated alkanes) is 3. The minimum absolute atomic E-state index is 0.0403. The Labute approximate surface area is 145 Å². The van der Waals surface area contributed by atoms with Gasteiger partial charge in [-0.3, -0.25) is 4.79 Å². The van der Waals surface area contributed by atoms with Crippen LogP contribution in [0.3, 0.4) is 0 Å². The predicted molar refractivity (Wildman–Crippen MR) is 98.9 cm³/mol. The first kappa shape index (κ1) is 19.4. The van der Waals surface area contributed by atoms with Crippen molar-refractivity contribution in [3.63, 3.8) is 0 Å². The van der Waals surface area contributed by atoms with E-state index in [1.54, 1.807) is 0 Å². The summed E-state index contributed by atoms with van der Waals surface area (Å²) in [7, 11) is 0. The molecule has 4 nitrogen and oxygen atoms in total. The highest BCUT2D eigenvalue weighted by Crippen LogP contribution is 2.25. The zero-order chi connectivity index (χ0) is 17.1. The smallest absolute Gasteiger partial charge is 0.264 e. The van der Waals surface area contributed by atoms with Crippen LogP contribution in [0.1, 0.15) is 57.9 Å². The monoisotopic (exact) mass is 336 g/mol. The van der Waals surface area contributed by atoms with Crippen LogP contribution in [0.5, 0.6) is 5.75 Å². The summed E-state index contributed by atoms with van der Waals surface area (Å²) in [4.78, 5) is 11.9. The molecule has 0 unspecified atom stereocenters. The summed E-state index contributed by atoms with van der Waals surface area (Å²) in [6.45, 7) is 7.12. The standard InChI is InChI=1S/C18H28N2O2S/c1-4-5-6-9-12-19-18(23)20-17(21)13-22-16-11-8-7-10-15(16)14(2)3/h7-8,10-11,14H,4-6,9,12-13H2,1-3H3,(H2,19,20,21,23). The molecule has 0 aliphatic carbocycles. The summed E-state index contributed by atoms with van der Waals surface area (Å²) in [6.07, 6.45) is 4.66. The van der Waals surface area contributed by atoms with Gasteiger partial charge in [0, 0.05) is 6.54 Å². The predicted octanol–water partition coefficient (Wildman–Crippen LogP) is 3.76. The third-order valence-corrected chi connectivity index (χ3v) is 3.72. The zero-order valence-electron chi connectivity index (χ0n) is 14.4. The van der Waals surface area contributed by atoms with Crippen LogP contribution in [0, 0.1) is 0 Å². The molecular formula is C18H28N2O2S. The Morgan fingerprint density at radius 1 is 1.22 bits per heavy atom. The molecule has 128 valence electrons. The molecule has 1 aromatic rings. The summed E-state index contributed by atoms with van der Waals surface area (Å²) in [5.74, 6) is 0.853. The first-order chi connectivity index (χ1) is 11.0. The van der Waals surface area contributed by atoms with Gasteiger partial charge in [-0.05, 0) is 36.2 Å². The maximum absolute atomic E-state index is 11.9. The molecular weight excluding hydrogens is 308 g/mol. The molecule has 0 heterocycles. The van der Waals surface area contributed by atoms with Crippen LogP contribution < -0.4 is 15.4 Å². The molecule has 1 amide bonds. The quantitative estimate of drug-likeness (QED) is 0.532. The number of carbonyl (C=O) groups is 1. The maximum Gasteiger partial charge on any atom is 0.264 e. The van der Waals surface area contributed by atoms with Crippen molar-refractivity contribution >= 4 is 23.2 Å². The molecule has 0 saturated carbocycles. The Kier molecular flexibility index (Phi) is 9.29. The van der Waals surface area contributed by atoms with Crippen molar-refractivity contribution < 1.29 is 9.53 Å². The molecule has 0 aliphatic heterocycles. The Bertz CT molecular complexity index is 504. The minimum atomic E-state index is -0.241. The van der Waals surface area contributed by atoms with E-state index in [0.29, 0.717) is 11.0 Å². The Morgan fingerprint density at radius 3 is 2.65 bits per heavy atom. The van der Waals surface area contributed by atoms with E-state index in [2.05, 4.69) is 31.4 Å². The van der Waals surface area contributed by atoms with Crippen molar-refractivity contribution in [3.8, 4) is 5.75 Å². The molecule has 1 rings (SSSR count). The van der Waals surface area contributed by atoms with Gasteiger partial charge in [0.2, 0.25) is 0 Å². The van der Waals surface area contributed by atoms with Crippen LogP contribution in [0.4, 0.5) is 0 Å². The van der Waals surface area contributed by atoms with E-state index in [0.717, 1.165) is 24.3 Å². The van der Waals surface area contributed by atoms with Gasteiger partial charge in [0.25, 0.3) is 5.91 Å². The number of thiocarbonyl (C=S) groups is 1. The number of hydrogen-bond acceptors (Lipinski definition) is 3. The van der Waals surface area contributed by atoms with Crippen LogP contribution in [0.2, 0.25) is 0 Å². The normalized spacial score (nSPS) is 10.4. The second kappa shape index (κ2) is 11.0. The SMILES string of the molecule is CCCCCCNC(=S)NC(=O)COc1ccccc1C(C)C. The fourth-order valence-electron chi connectivity index (χ4n) is 2.19. The van der Waals surface area contributed by atoms with Crippen molar-refractivity contribution in [2.75, 3.05) is 13.2 Å². The summed E-state index contributed by atoms with van der Waals surface area (Å²) in [6, 6.07) is 7.77. The average Bonchev–Trinajstić information content (AvgIpc) is 2.53. The molecule has 0 saturated heterocycles. The van der Waals surface area contributed by atoms with Gasteiger partial charge in [0.05, 0.1) is 0 Å². The van der Waals surface area contributed by atoms with E-state index >= 15 is 0 Å². The van der Waals surface area contributed by atoms with Crippen LogP contribution in [0.25, 0.3) is 0 Å². The van der Waals surface area contributed by atoms with E-state index in [9.17, 15) is 4.79 Å². The highest BCUT2D eigenvalue weighted by atomic mass is 32.1. The topological polar surface area (TPSA) is 50.4 Å². The van der Waals surface area contributed by atoms with Gasteiger partial charge in [-0.15, -0.1) is 0 Å². The van der Waals surface area contributed by atoms with Crippen molar-refractivity contribution in [2.24, 2.45) is 0 Å². The average molecular weight is 337 g/mol. The molecule has 2 N–H and O–H groups in total. The summed E-state index contributed by atoms with van der Waals surface area (Å²) < 4.78 is 5.62. The van der Waals surface area contributed by atoms with E-state index < -0.39 is 0 Å². The van der Waals surface area contributed by atoms with Gasteiger partial charge in [-0.2, -0.15) is 0 Å². The number of amides is 1. The summed E-state index contributed by atoms with van der Waals surface area (Å²) in [5.41, 5.74) is 1.09. The third-order valence-electron chi connectivity index (χ3n) is 3.47. The number of carbonyl (C=O) groups excluding carboxylic acids is 1. The molecule has 0 spiro atoms. The Hall–Kier alpha value is -1.62. The number of para-hydroxylation sites is 1. The summed E-state index contributed by atoms with van der Waals surface area (Å²) in [5, 5.41) is 6.06. The molecule has 0 aromatic heterocycles. The lowest BCUT2D eigenvalue weighted by Gasteiger charge is -2.14. The fourth-order valence-corrected chi connectivity index (χ4v) is 2.41. The first-order valence-electron chi connectivity index (χ1n) is 8.34. The van der Waals surface area contributed by atoms with Crippen molar-refractivity contribution in [3.05, 3.63) is 29.8 Å². The van der Waals surface area contributed by atoms with Gasteiger partial charge in [0.1, 0.15) is 5.75 Å². The fraction of sp³-hybridized carbons (Fsp3) is 0.556. The van der Waals surface area contributed by atoms with Crippen molar-refractivity contribution in [1.82, 2.24) is 10.6 Å². The molecule has 23 heavy (non-hydrogen) atoms. The van der Waals surface area contributed by atoms with E-state index in [4.69, 9.17) is 17.0 Å². The Morgan fingerprint density at radius 2 is 1.96 bits per heavy atom. The van der Waals surface area contributed by atoms with Gasteiger partial charge in [-0.1, -0.05) is 58.2 Å². The molecule has 0 radical (unpaired) electrons. The van der Waals surface area contributed by atoms with Crippen molar-refractivity contribution in [1.29, 1.82) is 0 Å². The van der Waals surface area contributed by atoms with Crippen LogP contribution in [-0.2, 0) is 4.79 Å². The maximum atomic E-state index is 11.9.